The fourth-order valence-corrected chi connectivity index (χ4v) is 4.15. The molecule has 0 aliphatic carbocycles. The molecule has 0 saturated carbocycles. The molecule has 0 N–H and O–H groups in total. The minimum absolute atomic E-state index is 0.180. The summed E-state index contributed by atoms with van der Waals surface area (Å²) in [5.41, 5.74) is 3.41. The fourth-order valence-electron chi connectivity index (χ4n) is 4.15. The molecule has 0 radical (unpaired) electrons. The van der Waals surface area contributed by atoms with Crippen LogP contribution < -0.4 is 4.74 Å². The molecule has 2 aromatic heterocycles. The van der Waals surface area contributed by atoms with E-state index in [1.54, 1.807) is 16.5 Å². The molecule has 2 aromatic rings. The van der Waals surface area contributed by atoms with Crippen molar-refractivity contribution in [1.29, 1.82) is 5.26 Å². The topological polar surface area (TPSA) is 95.2 Å². The van der Waals surface area contributed by atoms with Crippen LogP contribution in [0.1, 0.15) is 51.7 Å². The second kappa shape index (κ2) is 8.70. The van der Waals surface area contributed by atoms with Gasteiger partial charge in [-0.25, -0.2) is 9.31 Å². The maximum atomic E-state index is 12.5. The van der Waals surface area contributed by atoms with E-state index in [9.17, 15) is 10.1 Å². The number of allylic oxidation sites excluding steroid dienone is 2. The standard InChI is InChI=1S/C24H29N6O3/c1-16-20(18-9-21(32-5)22-19(10-25)11-26-30(22)15-18)12-27-29(16)14-17-7-6-8-28(13-17)23(31)33-24(2,3)4/h9,11-12,14-15,17H,6-8,13H2,1-5H3/q+1/b29-14+. The van der Waals surface area contributed by atoms with Gasteiger partial charge in [0.2, 0.25) is 5.70 Å². The largest absolute Gasteiger partial charge is 0.494 e. The zero-order valence-electron chi connectivity index (χ0n) is 19.7. The quantitative estimate of drug-likeness (QED) is 0.666. The number of hydrogen-bond acceptors (Lipinski definition) is 6. The lowest BCUT2D eigenvalue weighted by atomic mass is 9.99. The van der Waals surface area contributed by atoms with Gasteiger partial charge in [-0.2, -0.15) is 10.4 Å². The first kappa shape index (κ1) is 22.5. The zero-order valence-corrected chi connectivity index (χ0v) is 19.7. The van der Waals surface area contributed by atoms with Crippen molar-refractivity contribution in [2.75, 3.05) is 20.2 Å². The third-order valence-corrected chi connectivity index (χ3v) is 5.73. The van der Waals surface area contributed by atoms with Crippen LogP contribution in [0.5, 0.6) is 5.75 Å². The van der Waals surface area contributed by atoms with E-state index in [2.05, 4.69) is 22.5 Å². The molecular formula is C24H29N6O3+. The molecule has 9 nitrogen and oxygen atoms in total. The molecule has 1 fully saturated rings. The number of carbonyl (C=O) groups is 1. The Labute approximate surface area is 193 Å². The monoisotopic (exact) mass is 449 g/mol. The van der Waals surface area contributed by atoms with Crippen LogP contribution in [0.3, 0.4) is 0 Å². The predicted molar refractivity (Wildman–Crippen MR) is 124 cm³/mol. The van der Waals surface area contributed by atoms with E-state index >= 15 is 0 Å². The number of piperidine rings is 1. The van der Waals surface area contributed by atoms with Crippen LogP contribution in [0.15, 0.2) is 29.3 Å². The van der Waals surface area contributed by atoms with Crippen molar-refractivity contribution in [3.63, 3.8) is 0 Å². The van der Waals surface area contributed by atoms with Gasteiger partial charge in [0.1, 0.15) is 34.7 Å². The van der Waals surface area contributed by atoms with Gasteiger partial charge in [-0.1, -0.05) is 4.68 Å². The van der Waals surface area contributed by atoms with Gasteiger partial charge in [0.05, 0.1) is 24.8 Å². The first-order valence-electron chi connectivity index (χ1n) is 11.0. The van der Waals surface area contributed by atoms with Crippen LogP contribution in [0, 0.1) is 17.2 Å². The summed E-state index contributed by atoms with van der Waals surface area (Å²) in [5.74, 6) is 0.761. The third-order valence-electron chi connectivity index (χ3n) is 5.73. The highest BCUT2D eigenvalue weighted by Gasteiger charge is 2.31. The normalized spacial score (nSPS) is 19.9. The van der Waals surface area contributed by atoms with Crippen LogP contribution in [0.2, 0.25) is 0 Å². The van der Waals surface area contributed by atoms with Crippen LogP contribution >= 0.6 is 0 Å². The van der Waals surface area contributed by atoms with Gasteiger partial charge in [0.25, 0.3) is 0 Å². The van der Waals surface area contributed by atoms with Crippen LogP contribution in [0.25, 0.3) is 11.1 Å². The average Bonchev–Trinajstić information content (AvgIpc) is 3.35. The second-order valence-corrected chi connectivity index (χ2v) is 9.33. The van der Waals surface area contributed by atoms with Crippen LogP contribution in [-0.2, 0) is 4.74 Å². The number of rotatable bonds is 3. The number of likely N-dealkylation sites (tertiary alicyclic amines) is 1. The Bertz CT molecular complexity index is 1230. The van der Waals surface area contributed by atoms with E-state index < -0.39 is 5.60 Å². The smallest absolute Gasteiger partial charge is 0.410 e. The van der Waals surface area contributed by atoms with E-state index in [1.165, 1.54) is 6.20 Å². The number of carbonyl (C=O) groups excluding carboxylic acids is 1. The van der Waals surface area contributed by atoms with Gasteiger partial charge < -0.3 is 14.4 Å². The molecule has 1 atom stereocenters. The number of hydrazone groups is 1. The molecule has 0 aromatic carbocycles. The Kier molecular flexibility index (Phi) is 5.93. The molecule has 172 valence electrons. The van der Waals surface area contributed by atoms with E-state index in [-0.39, 0.29) is 12.0 Å². The molecule has 4 rings (SSSR count). The van der Waals surface area contributed by atoms with Crippen LogP contribution in [-0.4, -0.2) is 63.5 Å². The lowest BCUT2D eigenvalue weighted by Gasteiger charge is -2.32. The highest BCUT2D eigenvalue weighted by atomic mass is 16.6. The fraction of sp³-hybridized carbons (Fsp3) is 0.458. The highest BCUT2D eigenvalue weighted by molar-refractivity contribution is 6.11. The summed E-state index contributed by atoms with van der Waals surface area (Å²) in [6, 6.07) is 4.05. The number of ether oxygens (including phenoxy) is 2. The number of methoxy groups -OCH3 is 1. The molecular weight excluding hydrogens is 420 g/mol. The third kappa shape index (κ3) is 4.60. The summed E-state index contributed by atoms with van der Waals surface area (Å²) < 4.78 is 14.6. The molecule has 1 amide bonds. The summed E-state index contributed by atoms with van der Waals surface area (Å²) in [4.78, 5) is 14.3. The Morgan fingerprint density at radius 1 is 1.39 bits per heavy atom. The zero-order chi connectivity index (χ0) is 23.8. The molecule has 1 saturated heterocycles. The number of nitriles is 1. The van der Waals surface area contributed by atoms with Crippen molar-refractivity contribution in [3.05, 3.63) is 35.3 Å². The lowest BCUT2D eigenvalue weighted by molar-refractivity contribution is -0.474. The number of amides is 1. The highest BCUT2D eigenvalue weighted by Crippen LogP contribution is 2.30. The Morgan fingerprint density at radius 2 is 2.18 bits per heavy atom. The summed E-state index contributed by atoms with van der Waals surface area (Å²) in [6.45, 7) is 8.95. The van der Waals surface area contributed by atoms with Gasteiger partial charge in [-0.3, -0.25) is 0 Å². The van der Waals surface area contributed by atoms with Crippen LogP contribution in [0.4, 0.5) is 4.79 Å². The molecule has 9 heteroatoms. The second-order valence-electron chi connectivity index (χ2n) is 9.33. The van der Waals surface area contributed by atoms with Gasteiger partial charge in [-0.05, 0) is 44.8 Å². The predicted octanol–water partition coefficient (Wildman–Crippen LogP) is 3.68. The molecule has 2 aliphatic rings. The molecule has 0 spiro atoms. The molecule has 0 bridgehead atoms. The first-order valence-corrected chi connectivity index (χ1v) is 11.0. The van der Waals surface area contributed by atoms with Crippen molar-refractivity contribution >= 4 is 29.6 Å². The first-order chi connectivity index (χ1) is 15.7. The van der Waals surface area contributed by atoms with Crippen molar-refractivity contribution in [1.82, 2.24) is 14.5 Å². The summed E-state index contributed by atoms with van der Waals surface area (Å²) >= 11 is 0. The van der Waals surface area contributed by atoms with E-state index in [0.29, 0.717) is 29.9 Å². The van der Waals surface area contributed by atoms with Gasteiger partial charge in [0, 0.05) is 31.8 Å². The van der Waals surface area contributed by atoms with Crippen molar-refractivity contribution in [2.24, 2.45) is 11.0 Å². The maximum Gasteiger partial charge on any atom is 0.410 e. The van der Waals surface area contributed by atoms with E-state index in [0.717, 1.165) is 29.7 Å². The van der Waals surface area contributed by atoms with Crippen molar-refractivity contribution in [3.8, 4) is 11.8 Å². The van der Waals surface area contributed by atoms with Gasteiger partial charge in [-0.15, -0.1) is 0 Å². The Hall–Kier alpha value is -3.67. The number of pyridine rings is 1. The number of fused-ring (bicyclic) bond motifs is 1. The Balaban J connectivity index is 1.58. The van der Waals surface area contributed by atoms with Crippen molar-refractivity contribution in [2.45, 2.75) is 46.1 Å². The van der Waals surface area contributed by atoms with E-state index in [4.69, 9.17) is 9.47 Å². The van der Waals surface area contributed by atoms with Crippen molar-refractivity contribution < 1.29 is 19.0 Å². The minimum Gasteiger partial charge on any atom is -0.494 e. The lowest BCUT2D eigenvalue weighted by Crippen LogP contribution is -2.43. The maximum absolute atomic E-state index is 12.5. The summed E-state index contributed by atoms with van der Waals surface area (Å²) in [7, 11) is 1.58. The minimum atomic E-state index is -0.508. The number of nitrogens with zero attached hydrogens (tertiary/aromatic N) is 6. The SMILES string of the molecule is COc1cc(C2=C(C)/[N+](=C\C3CCCN(C(=O)OC(C)(C)C)C3)N=C2)cn2ncc(C#N)c12. The summed E-state index contributed by atoms with van der Waals surface area (Å²) in [6.07, 6.45) is 8.93. The molecule has 2 aliphatic heterocycles. The summed E-state index contributed by atoms with van der Waals surface area (Å²) in [5, 5.41) is 18.2. The molecule has 33 heavy (non-hydrogen) atoms. The van der Waals surface area contributed by atoms with E-state index in [1.807, 2.05) is 50.9 Å². The number of aromatic nitrogens is 2. The Morgan fingerprint density at radius 3 is 2.88 bits per heavy atom. The number of hydrogen-bond donors (Lipinski definition) is 0. The van der Waals surface area contributed by atoms with Gasteiger partial charge >= 0.3 is 6.09 Å². The van der Waals surface area contributed by atoms with Gasteiger partial charge in [0.15, 0.2) is 6.21 Å². The molecule has 4 heterocycles. The average molecular weight is 450 g/mol. The molecule has 1 unspecified atom stereocenters.